The lowest BCUT2D eigenvalue weighted by molar-refractivity contribution is -0.118. The van der Waals surface area contributed by atoms with Crippen LogP contribution in [-0.4, -0.2) is 25.2 Å². The number of hydrogen-bond donors (Lipinski definition) is 1. The first kappa shape index (κ1) is 17.7. The van der Waals surface area contributed by atoms with Crippen LogP contribution in [0, 0.1) is 5.92 Å². The minimum absolute atomic E-state index is 0.218. The molecule has 0 aliphatic carbocycles. The first-order valence-corrected chi connectivity index (χ1v) is 9.67. The van der Waals surface area contributed by atoms with Crippen LogP contribution >= 0.6 is 11.3 Å². The van der Waals surface area contributed by atoms with E-state index in [1.165, 1.54) is 6.07 Å². The van der Waals surface area contributed by atoms with Gasteiger partial charge in [-0.2, -0.15) is 0 Å². The second-order valence-electron chi connectivity index (χ2n) is 6.43. The predicted molar refractivity (Wildman–Crippen MR) is 89.4 cm³/mol. The van der Waals surface area contributed by atoms with E-state index >= 15 is 0 Å². The number of aromatic nitrogens is 1. The van der Waals surface area contributed by atoms with Crippen LogP contribution in [0.2, 0.25) is 0 Å². The number of amides is 1. The standard InChI is InChI=1S/C15H20N2O4S2/c1-10(9-23(19,20)13-6-5-7-22-13)14(18)16-12-8-11(21-17-12)15(2,3)4/h5-8,10H,9H2,1-4H3,(H,16,17,18). The van der Waals surface area contributed by atoms with Gasteiger partial charge in [-0.05, 0) is 11.4 Å². The summed E-state index contributed by atoms with van der Waals surface area (Å²) >= 11 is 1.15. The summed E-state index contributed by atoms with van der Waals surface area (Å²) in [5, 5.41) is 8.09. The van der Waals surface area contributed by atoms with Crippen LogP contribution in [0.25, 0.3) is 0 Å². The maximum absolute atomic E-state index is 12.2. The molecular formula is C15H20N2O4S2. The van der Waals surface area contributed by atoms with Crippen molar-refractivity contribution in [1.82, 2.24) is 5.16 Å². The van der Waals surface area contributed by atoms with E-state index < -0.39 is 21.7 Å². The van der Waals surface area contributed by atoms with Gasteiger partial charge in [0.2, 0.25) is 5.91 Å². The van der Waals surface area contributed by atoms with E-state index in [1.54, 1.807) is 24.4 Å². The monoisotopic (exact) mass is 356 g/mol. The molecule has 2 rings (SSSR count). The molecule has 2 aromatic heterocycles. The van der Waals surface area contributed by atoms with Gasteiger partial charge in [-0.1, -0.05) is 38.9 Å². The third kappa shape index (κ3) is 4.42. The first-order valence-electron chi connectivity index (χ1n) is 7.14. The van der Waals surface area contributed by atoms with Crippen molar-refractivity contribution in [2.45, 2.75) is 37.3 Å². The molecule has 23 heavy (non-hydrogen) atoms. The zero-order chi connectivity index (χ0) is 17.3. The lowest BCUT2D eigenvalue weighted by Crippen LogP contribution is -2.27. The molecule has 0 aliphatic rings. The molecule has 126 valence electrons. The highest BCUT2D eigenvalue weighted by molar-refractivity contribution is 7.93. The second-order valence-corrected chi connectivity index (χ2v) is 9.64. The number of carbonyl (C=O) groups is 1. The SMILES string of the molecule is CC(CS(=O)(=O)c1cccs1)C(=O)Nc1cc(C(C)(C)C)on1. The quantitative estimate of drug-likeness (QED) is 0.889. The van der Waals surface area contributed by atoms with Gasteiger partial charge in [-0.3, -0.25) is 4.79 Å². The molecular weight excluding hydrogens is 336 g/mol. The Morgan fingerprint density at radius 1 is 1.43 bits per heavy atom. The van der Waals surface area contributed by atoms with E-state index in [9.17, 15) is 13.2 Å². The van der Waals surface area contributed by atoms with Crippen LogP contribution in [-0.2, 0) is 20.0 Å². The molecule has 0 spiro atoms. The van der Waals surface area contributed by atoms with Crippen LogP contribution in [0.1, 0.15) is 33.5 Å². The fourth-order valence-corrected chi connectivity index (χ4v) is 4.53. The van der Waals surface area contributed by atoms with Crippen LogP contribution in [0.5, 0.6) is 0 Å². The Bertz CT molecular complexity index is 771. The highest BCUT2D eigenvalue weighted by atomic mass is 32.2. The molecule has 2 heterocycles. The number of hydrogen-bond acceptors (Lipinski definition) is 6. The average molecular weight is 356 g/mol. The summed E-state index contributed by atoms with van der Waals surface area (Å²) < 4.78 is 29.8. The fourth-order valence-electron chi connectivity index (χ4n) is 1.86. The van der Waals surface area contributed by atoms with Gasteiger partial charge in [0.25, 0.3) is 0 Å². The molecule has 0 bridgehead atoms. The predicted octanol–water partition coefficient (Wildman–Crippen LogP) is 3.08. The number of carbonyl (C=O) groups excluding carboxylic acids is 1. The number of sulfone groups is 1. The zero-order valence-electron chi connectivity index (χ0n) is 13.5. The largest absolute Gasteiger partial charge is 0.359 e. The molecule has 1 amide bonds. The number of rotatable bonds is 5. The summed E-state index contributed by atoms with van der Waals surface area (Å²) in [5.41, 5.74) is -0.218. The minimum atomic E-state index is -3.46. The third-order valence-electron chi connectivity index (χ3n) is 3.22. The van der Waals surface area contributed by atoms with E-state index in [0.717, 1.165) is 11.3 Å². The van der Waals surface area contributed by atoms with E-state index in [4.69, 9.17) is 4.52 Å². The minimum Gasteiger partial charge on any atom is -0.359 e. The molecule has 1 atom stereocenters. The van der Waals surface area contributed by atoms with Gasteiger partial charge in [0.05, 0.1) is 5.75 Å². The van der Waals surface area contributed by atoms with Crippen LogP contribution in [0.4, 0.5) is 5.82 Å². The summed E-state index contributed by atoms with van der Waals surface area (Å²) in [6.45, 7) is 7.48. The number of nitrogens with zero attached hydrogens (tertiary/aromatic N) is 1. The molecule has 0 saturated carbocycles. The number of anilines is 1. The second kappa shape index (κ2) is 6.45. The fraction of sp³-hybridized carbons (Fsp3) is 0.467. The van der Waals surface area contributed by atoms with E-state index in [2.05, 4.69) is 10.5 Å². The summed E-state index contributed by atoms with van der Waals surface area (Å²) in [7, 11) is -3.46. The third-order valence-corrected chi connectivity index (χ3v) is 6.62. The number of thiophene rings is 1. The van der Waals surface area contributed by atoms with Crippen molar-refractivity contribution in [3.05, 3.63) is 29.3 Å². The average Bonchev–Trinajstić information content (AvgIpc) is 3.08. The molecule has 0 saturated heterocycles. The Balaban J connectivity index is 2.02. The smallest absolute Gasteiger partial charge is 0.229 e. The maximum Gasteiger partial charge on any atom is 0.229 e. The topological polar surface area (TPSA) is 89.3 Å². The lowest BCUT2D eigenvalue weighted by Gasteiger charge is -2.12. The summed E-state index contributed by atoms with van der Waals surface area (Å²) in [6, 6.07) is 4.86. The van der Waals surface area contributed by atoms with Gasteiger partial charge in [-0.25, -0.2) is 8.42 Å². The van der Waals surface area contributed by atoms with Gasteiger partial charge in [0, 0.05) is 17.4 Å². The van der Waals surface area contributed by atoms with Crippen molar-refractivity contribution in [3.8, 4) is 0 Å². The molecule has 2 aromatic rings. The van der Waals surface area contributed by atoms with E-state index in [1.807, 2.05) is 20.8 Å². The molecule has 1 unspecified atom stereocenters. The highest BCUT2D eigenvalue weighted by Crippen LogP contribution is 2.25. The summed E-state index contributed by atoms with van der Waals surface area (Å²) in [5.74, 6) is -0.411. The van der Waals surface area contributed by atoms with Gasteiger partial charge in [0.15, 0.2) is 15.7 Å². The van der Waals surface area contributed by atoms with Crippen LogP contribution in [0.3, 0.4) is 0 Å². The number of nitrogens with one attached hydrogen (secondary N) is 1. The Labute approximate surface area is 139 Å². The Kier molecular flexibility index (Phi) is 4.95. The molecule has 8 heteroatoms. The molecule has 0 aromatic carbocycles. The van der Waals surface area contributed by atoms with Crippen molar-refractivity contribution < 1.29 is 17.7 Å². The van der Waals surface area contributed by atoms with Gasteiger partial charge >= 0.3 is 0 Å². The molecule has 0 aliphatic heterocycles. The van der Waals surface area contributed by atoms with Gasteiger partial charge in [-0.15, -0.1) is 11.3 Å². The first-order chi connectivity index (χ1) is 10.6. The van der Waals surface area contributed by atoms with Crippen molar-refractivity contribution in [2.75, 3.05) is 11.1 Å². The van der Waals surface area contributed by atoms with Gasteiger partial charge in [0.1, 0.15) is 9.97 Å². The normalized spacial score (nSPS) is 13.7. The molecule has 0 radical (unpaired) electrons. The maximum atomic E-state index is 12.2. The Morgan fingerprint density at radius 3 is 2.65 bits per heavy atom. The highest BCUT2D eigenvalue weighted by Gasteiger charge is 2.25. The van der Waals surface area contributed by atoms with Crippen LogP contribution < -0.4 is 5.32 Å². The van der Waals surface area contributed by atoms with Gasteiger partial charge < -0.3 is 9.84 Å². The van der Waals surface area contributed by atoms with Crippen molar-refractivity contribution in [2.24, 2.45) is 5.92 Å². The molecule has 6 nitrogen and oxygen atoms in total. The van der Waals surface area contributed by atoms with Crippen LogP contribution in [0.15, 0.2) is 32.3 Å². The Morgan fingerprint density at radius 2 is 2.13 bits per heavy atom. The van der Waals surface area contributed by atoms with Crippen molar-refractivity contribution in [1.29, 1.82) is 0 Å². The lowest BCUT2D eigenvalue weighted by atomic mass is 9.93. The van der Waals surface area contributed by atoms with Crippen molar-refractivity contribution >= 4 is 32.9 Å². The Hall–Kier alpha value is -1.67. The van der Waals surface area contributed by atoms with E-state index in [-0.39, 0.29) is 15.4 Å². The summed E-state index contributed by atoms with van der Waals surface area (Å²) in [4.78, 5) is 12.2. The molecule has 1 N–H and O–H groups in total. The van der Waals surface area contributed by atoms with Crippen molar-refractivity contribution in [3.63, 3.8) is 0 Å². The van der Waals surface area contributed by atoms with E-state index in [0.29, 0.717) is 11.6 Å². The zero-order valence-corrected chi connectivity index (χ0v) is 15.1. The molecule has 0 fully saturated rings. The summed E-state index contributed by atoms with van der Waals surface area (Å²) in [6.07, 6.45) is 0.